The number of benzene rings is 1. The van der Waals surface area contributed by atoms with Gasteiger partial charge in [-0.3, -0.25) is 0 Å². The van der Waals surface area contributed by atoms with Crippen molar-refractivity contribution in [3.63, 3.8) is 0 Å². The molecule has 1 aromatic carbocycles. The molecule has 84 valence electrons. The average molecular weight is 224 g/mol. The highest BCUT2D eigenvalue weighted by atomic mass is 14.9. The molecular weight excluding hydrogens is 212 g/mol. The van der Waals surface area contributed by atoms with Crippen LogP contribution in [0.15, 0.2) is 36.7 Å². The molecule has 0 amide bonds. The molecule has 0 bridgehead atoms. The minimum Gasteiger partial charge on any atom is -0.399 e. The topological polar surface area (TPSA) is 67.6 Å². The number of nitrogens with zero attached hydrogens (tertiary/aromatic N) is 2. The van der Waals surface area contributed by atoms with E-state index in [4.69, 9.17) is 5.73 Å². The lowest BCUT2D eigenvalue weighted by Gasteiger charge is -1.97. The second kappa shape index (κ2) is 3.59. The van der Waals surface area contributed by atoms with E-state index in [-0.39, 0.29) is 0 Å². The maximum absolute atomic E-state index is 5.67. The van der Waals surface area contributed by atoms with E-state index in [2.05, 4.69) is 21.0 Å². The molecule has 0 spiro atoms. The van der Waals surface area contributed by atoms with Crippen LogP contribution >= 0.6 is 0 Å². The summed E-state index contributed by atoms with van der Waals surface area (Å²) in [5, 5.41) is 1.05. The zero-order chi connectivity index (χ0) is 11.8. The number of nitrogens with one attached hydrogen (secondary N) is 1. The van der Waals surface area contributed by atoms with Gasteiger partial charge in [-0.1, -0.05) is 12.1 Å². The molecule has 0 unspecified atom stereocenters. The highest BCUT2D eigenvalue weighted by Gasteiger charge is 2.06. The standard InChI is InChI=1S/C13H12N4/c1-8-11-6-12(17-13(11)16-7-15-8)9-2-4-10(14)5-3-9/h2-7H,14H2,1H3,(H,15,16,17). The summed E-state index contributed by atoms with van der Waals surface area (Å²) >= 11 is 0. The molecule has 2 aromatic heterocycles. The summed E-state index contributed by atoms with van der Waals surface area (Å²) in [6.07, 6.45) is 1.57. The Balaban J connectivity index is 2.18. The summed E-state index contributed by atoms with van der Waals surface area (Å²) in [5.41, 5.74) is 10.4. The van der Waals surface area contributed by atoms with Crippen LogP contribution in [0.4, 0.5) is 5.69 Å². The van der Waals surface area contributed by atoms with Crippen molar-refractivity contribution in [1.82, 2.24) is 15.0 Å². The number of H-pyrrole nitrogens is 1. The maximum atomic E-state index is 5.67. The number of hydrogen-bond acceptors (Lipinski definition) is 3. The van der Waals surface area contributed by atoms with E-state index >= 15 is 0 Å². The first-order valence-corrected chi connectivity index (χ1v) is 5.40. The van der Waals surface area contributed by atoms with Gasteiger partial charge in [0.05, 0.1) is 5.69 Å². The van der Waals surface area contributed by atoms with Crippen molar-refractivity contribution in [2.24, 2.45) is 0 Å². The Morgan fingerprint density at radius 2 is 1.88 bits per heavy atom. The van der Waals surface area contributed by atoms with Gasteiger partial charge in [0.1, 0.15) is 12.0 Å². The zero-order valence-corrected chi connectivity index (χ0v) is 9.44. The van der Waals surface area contributed by atoms with E-state index in [1.807, 2.05) is 31.2 Å². The molecule has 0 aliphatic heterocycles. The third-order valence-electron chi connectivity index (χ3n) is 2.85. The lowest BCUT2D eigenvalue weighted by atomic mass is 10.1. The highest BCUT2D eigenvalue weighted by molar-refractivity contribution is 5.84. The van der Waals surface area contributed by atoms with Gasteiger partial charge in [0.25, 0.3) is 0 Å². The number of aromatic nitrogens is 3. The van der Waals surface area contributed by atoms with Crippen LogP contribution < -0.4 is 5.73 Å². The summed E-state index contributed by atoms with van der Waals surface area (Å²) < 4.78 is 0. The molecular formula is C13H12N4. The summed E-state index contributed by atoms with van der Waals surface area (Å²) in [7, 11) is 0. The molecule has 0 fully saturated rings. The van der Waals surface area contributed by atoms with Gasteiger partial charge in [0.15, 0.2) is 0 Å². The van der Waals surface area contributed by atoms with E-state index in [1.54, 1.807) is 6.33 Å². The van der Waals surface area contributed by atoms with Gasteiger partial charge in [0, 0.05) is 16.8 Å². The van der Waals surface area contributed by atoms with E-state index in [9.17, 15) is 0 Å². The van der Waals surface area contributed by atoms with Crippen LogP contribution in [-0.4, -0.2) is 15.0 Å². The molecule has 4 nitrogen and oxygen atoms in total. The third-order valence-corrected chi connectivity index (χ3v) is 2.85. The van der Waals surface area contributed by atoms with E-state index < -0.39 is 0 Å². The first kappa shape index (κ1) is 9.84. The van der Waals surface area contributed by atoms with Gasteiger partial charge >= 0.3 is 0 Å². The zero-order valence-electron chi connectivity index (χ0n) is 9.44. The van der Waals surface area contributed by atoms with Crippen LogP contribution in [0.5, 0.6) is 0 Å². The highest BCUT2D eigenvalue weighted by Crippen LogP contribution is 2.24. The normalized spacial score (nSPS) is 10.9. The molecule has 3 aromatic rings. The Hall–Kier alpha value is -2.36. The Bertz CT molecular complexity index is 667. The average Bonchev–Trinajstić information content (AvgIpc) is 2.75. The largest absolute Gasteiger partial charge is 0.399 e. The lowest BCUT2D eigenvalue weighted by molar-refractivity contribution is 1.14. The molecule has 2 heterocycles. The van der Waals surface area contributed by atoms with Gasteiger partial charge < -0.3 is 10.7 Å². The van der Waals surface area contributed by atoms with Crippen molar-refractivity contribution < 1.29 is 0 Å². The Morgan fingerprint density at radius 3 is 2.59 bits per heavy atom. The summed E-state index contributed by atoms with van der Waals surface area (Å²) in [6.45, 7) is 1.98. The number of anilines is 1. The molecule has 0 atom stereocenters. The number of rotatable bonds is 1. The quantitative estimate of drug-likeness (QED) is 0.624. The summed E-state index contributed by atoms with van der Waals surface area (Å²) in [4.78, 5) is 11.7. The molecule has 0 radical (unpaired) electrons. The molecule has 3 rings (SSSR count). The van der Waals surface area contributed by atoms with Gasteiger partial charge in [-0.05, 0) is 30.7 Å². The SMILES string of the molecule is Cc1ncnc2[nH]c(-c3ccc(N)cc3)cc12. The van der Waals surface area contributed by atoms with Gasteiger partial charge in [-0.15, -0.1) is 0 Å². The van der Waals surface area contributed by atoms with Gasteiger partial charge in [-0.25, -0.2) is 9.97 Å². The van der Waals surface area contributed by atoms with Crippen LogP contribution in [0, 0.1) is 6.92 Å². The van der Waals surface area contributed by atoms with Crippen molar-refractivity contribution in [2.45, 2.75) is 6.92 Å². The fourth-order valence-electron chi connectivity index (χ4n) is 1.88. The smallest absolute Gasteiger partial charge is 0.141 e. The second-order valence-electron chi connectivity index (χ2n) is 4.03. The number of hydrogen-bond donors (Lipinski definition) is 2. The maximum Gasteiger partial charge on any atom is 0.141 e. The predicted molar refractivity (Wildman–Crippen MR) is 68.5 cm³/mol. The molecule has 3 N–H and O–H groups in total. The number of fused-ring (bicyclic) bond motifs is 1. The summed E-state index contributed by atoms with van der Waals surface area (Å²) in [6, 6.07) is 9.82. The number of nitrogens with two attached hydrogens (primary N) is 1. The van der Waals surface area contributed by atoms with Crippen LogP contribution in [0.1, 0.15) is 5.69 Å². The molecule has 0 aliphatic rings. The Kier molecular flexibility index (Phi) is 2.08. The Morgan fingerprint density at radius 1 is 1.12 bits per heavy atom. The lowest BCUT2D eigenvalue weighted by Crippen LogP contribution is -1.84. The molecule has 0 aliphatic carbocycles. The summed E-state index contributed by atoms with van der Waals surface area (Å²) in [5.74, 6) is 0. The fourth-order valence-corrected chi connectivity index (χ4v) is 1.88. The van der Waals surface area contributed by atoms with Crippen molar-refractivity contribution >= 4 is 16.7 Å². The van der Waals surface area contributed by atoms with Crippen LogP contribution in [-0.2, 0) is 0 Å². The van der Waals surface area contributed by atoms with E-state index in [0.717, 1.165) is 33.7 Å². The number of aromatic amines is 1. The first-order chi connectivity index (χ1) is 8.24. The number of aryl methyl sites for hydroxylation is 1. The van der Waals surface area contributed by atoms with Crippen molar-refractivity contribution in [1.29, 1.82) is 0 Å². The minimum absolute atomic E-state index is 0.765. The Labute approximate surface area is 98.5 Å². The minimum atomic E-state index is 0.765. The fraction of sp³-hybridized carbons (Fsp3) is 0.0769. The van der Waals surface area contributed by atoms with Crippen LogP contribution in [0.25, 0.3) is 22.3 Å². The third kappa shape index (κ3) is 1.63. The van der Waals surface area contributed by atoms with Crippen molar-refractivity contribution in [2.75, 3.05) is 5.73 Å². The monoisotopic (exact) mass is 224 g/mol. The van der Waals surface area contributed by atoms with Crippen LogP contribution in [0.3, 0.4) is 0 Å². The molecule has 0 saturated heterocycles. The van der Waals surface area contributed by atoms with Gasteiger partial charge in [0.2, 0.25) is 0 Å². The van der Waals surface area contributed by atoms with Crippen molar-refractivity contribution in [3.8, 4) is 11.3 Å². The molecule has 17 heavy (non-hydrogen) atoms. The van der Waals surface area contributed by atoms with Crippen molar-refractivity contribution in [3.05, 3.63) is 42.4 Å². The molecule has 0 saturated carbocycles. The first-order valence-electron chi connectivity index (χ1n) is 5.40. The van der Waals surface area contributed by atoms with Gasteiger partial charge in [-0.2, -0.15) is 0 Å². The molecule has 4 heteroatoms. The predicted octanol–water partition coefficient (Wildman–Crippen LogP) is 2.52. The second-order valence-corrected chi connectivity index (χ2v) is 4.03. The van der Waals surface area contributed by atoms with E-state index in [1.165, 1.54) is 0 Å². The van der Waals surface area contributed by atoms with Crippen LogP contribution in [0.2, 0.25) is 0 Å². The van der Waals surface area contributed by atoms with E-state index in [0.29, 0.717) is 0 Å². The number of nitrogen functional groups attached to an aromatic ring is 1.